The molecule has 92 valence electrons. The lowest BCUT2D eigenvalue weighted by Crippen LogP contribution is -2.20. The minimum atomic E-state index is 0.495. The van der Waals surface area contributed by atoms with E-state index in [1.54, 1.807) is 6.33 Å². The van der Waals surface area contributed by atoms with Gasteiger partial charge in [0.1, 0.15) is 18.0 Å². The van der Waals surface area contributed by atoms with E-state index in [2.05, 4.69) is 35.2 Å². The first-order valence-electron chi connectivity index (χ1n) is 5.77. The van der Waals surface area contributed by atoms with Crippen molar-refractivity contribution < 1.29 is 0 Å². The fraction of sp³-hybridized carbons (Fsp3) is 0.583. The Bertz CT molecular complexity index is 383. The van der Waals surface area contributed by atoms with E-state index >= 15 is 0 Å². The van der Waals surface area contributed by atoms with Gasteiger partial charge < -0.3 is 10.2 Å². The van der Waals surface area contributed by atoms with Crippen LogP contribution in [0.4, 0.5) is 11.6 Å². The predicted octanol–water partition coefficient (Wildman–Crippen LogP) is 1.89. The van der Waals surface area contributed by atoms with Crippen molar-refractivity contribution in [2.24, 2.45) is 5.92 Å². The van der Waals surface area contributed by atoms with Gasteiger partial charge in [-0.3, -0.25) is 0 Å². The monoisotopic (exact) mass is 233 g/mol. The average molecular weight is 233 g/mol. The molecule has 0 aliphatic carbocycles. The Morgan fingerprint density at radius 3 is 2.88 bits per heavy atom. The molecule has 0 spiro atoms. The molecule has 1 heterocycles. The van der Waals surface area contributed by atoms with E-state index in [9.17, 15) is 0 Å². The summed E-state index contributed by atoms with van der Waals surface area (Å²) in [5, 5.41) is 11.8. The molecule has 0 atom stereocenters. The van der Waals surface area contributed by atoms with E-state index in [1.165, 1.54) is 0 Å². The largest absolute Gasteiger partial charge is 0.370 e. The second-order valence-electron chi connectivity index (χ2n) is 4.37. The molecule has 1 N–H and O–H groups in total. The summed E-state index contributed by atoms with van der Waals surface area (Å²) in [5.41, 5.74) is 0. The second kappa shape index (κ2) is 6.69. The highest BCUT2D eigenvalue weighted by Gasteiger charge is 2.04. The van der Waals surface area contributed by atoms with E-state index < -0.39 is 0 Å². The minimum Gasteiger partial charge on any atom is -0.370 e. The third-order valence-electron chi connectivity index (χ3n) is 2.29. The Morgan fingerprint density at radius 2 is 2.24 bits per heavy atom. The van der Waals surface area contributed by atoms with Crippen molar-refractivity contribution in [3.8, 4) is 6.07 Å². The Kier molecular flexibility index (Phi) is 5.21. The lowest BCUT2D eigenvalue weighted by molar-refractivity contribution is 0.686. The van der Waals surface area contributed by atoms with Crippen molar-refractivity contribution in [3.63, 3.8) is 0 Å². The van der Waals surface area contributed by atoms with E-state index in [0.717, 1.165) is 18.2 Å². The highest BCUT2D eigenvalue weighted by atomic mass is 15.2. The number of nitrogens with one attached hydrogen (secondary N) is 1. The van der Waals surface area contributed by atoms with Crippen LogP contribution < -0.4 is 10.2 Å². The quantitative estimate of drug-likeness (QED) is 0.813. The second-order valence-corrected chi connectivity index (χ2v) is 4.37. The third-order valence-corrected chi connectivity index (χ3v) is 2.29. The van der Waals surface area contributed by atoms with Gasteiger partial charge in [-0.25, -0.2) is 9.97 Å². The fourth-order valence-electron chi connectivity index (χ4n) is 1.29. The Morgan fingerprint density at radius 1 is 1.47 bits per heavy atom. The predicted molar refractivity (Wildman–Crippen MR) is 68.9 cm³/mol. The molecular weight excluding hydrogens is 214 g/mol. The highest BCUT2D eigenvalue weighted by Crippen LogP contribution is 2.13. The van der Waals surface area contributed by atoms with Crippen molar-refractivity contribution in [3.05, 3.63) is 12.4 Å². The van der Waals surface area contributed by atoms with Gasteiger partial charge in [0.2, 0.25) is 0 Å². The summed E-state index contributed by atoms with van der Waals surface area (Å²) >= 11 is 0. The summed E-state index contributed by atoms with van der Waals surface area (Å²) in [6.07, 6.45) is 2.04. The zero-order valence-electron chi connectivity index (χ0n) is 10.6. The number of hydrogen-bond acceptors (Lipinski definition) is 5. The van der Waals surface area contributed by atoms with Gasteiger partial charge in [0, 0.05) is 26.2 Å². The number of anilines is 2. The average Bonchev–Trinajstić information content (AvgIpc) is 2.33. The van der Waals surface area contributed by atoms with Gasteiger partial charge in [-0.05, 0) is 5.92 Å². The van der Waals surface area contributed by atoms with Gasteiger partial charge in [-0.2, -0.15) is 5.26 Å². The van der Waals surface area contributed by atoms with E-state index in [-0.39, 0.29) is 0 Å². The molecule has 0 unspecified atom stereocenters. The summed E-state index contributed by atoms with van der Waals surface area (Å²) in [7, 11) is 1.92. The molecule has 0 aliphatic rings. The molecule has 1 rings (SSSR count). The summed E-state index contributed by atoms with van der Waals surface area (Å²) in [6.45, 7) is 5.86. The summed E-state index contributed by atoms with van der Waals surface area (Å²) in [6, 6.07) is 4.02. The summed E-state index contributed by atoms with van der Waals surface area (Å²) < 4.78 is 0. The molecule has 0 fully saturated rings. The van der Waals surface area contributed by atoms with Gasteiger partial charge in [0.15, 0.2) is 0 Å². The van der Waals surface area contributed by atoms with Crippen LogP contribution in [0.2, 0.25) is 0 Å². The third kappa shape index (κ3) is 4.68. The first-order valence-corrected chi connectivity index (χ1v) is 5.77. The van der Waals surface area contributed by atoms with E-state index in [1.807, 2.05) is 18.0 Å². The summed E-state index contributed by atoms with van der Waals surface area (Å²) in [5.74, 6) is 2.23. The van der Waals surface area contributed by atoms with Crippen LogP contribution in [0.25, 0.3) is 0 Å². The lowest BCUT2D eigenvalue weighted by Gasteiger charge is -2.17. The van der Waals surface area contributed by atoms with Gasteiger partial charge in [0.25, 0.3) is 0 Å². The van der Waals surface area contributed by atoms with Crippen LogP contribution in [-0.2, 0) is 0 Å². The van der Waals surface area contributed by atoms with E-state index in [4.69, 9.17) is 5.26 Å². The van der Waals surface area contributed by atoms with Crippen LogP contribution in [0, 0.1) is 17.2 Å². The maximum atomic E-state index is 8.54. The first kappa shape index (κ1) is 13.2. The van der Waals surface area contributed by atoms with Gasteiger partial charge in [-0.15, -0.1) is 0 Å². The molecule has 0 radical (unpaired) electrons. The molecule has 0 aromatic carbocycles. The van der Waals surface area contributed by atoms with Crippen molar-refractivity contribution in [1.82, 2.24) is 9.97 Å². The van der Waals surface area contributed by atoms with Crippen LogP contribution >= 0.6 is 0 Å². The van der Waals surface area contributed by atoms with Crippen LogP contribution in [0.3, 0.4) is 0 Å². The van der Waals surface area contributed by atoms with Crippen LogP contribution in [0.15, 0.2) is 12.4 Å². The molecule has 0 amide bonds. The maximum absolute atomic E-state index is 8.54. The lowest BCUT2D eigenvalue weighted by atomic mass is 10.2. The van der Waals surface area contributed by atoms with Crippen molar-refractivity contribution in [1.29, 1.82) is 5.26 Å². The normalized spacial score (nSPS) is 10.1. The maximum Gasteiger partial charge on any atom is 0.133 e. The van der Waals surface area contributed by atoms with Crippen molar-refractivity contribution >= 4 is 11.6 Å². The molecule has 0 saturated heterocycles. The number of aromatic nitrogens is 2. The topological polar surface area (TPSA) is 64.8 Å². The highest BCUT2D eigenvalue weighted by molar-refractivity contribution is 5.47. The zero-order valence-corrected chi connectivity index (χ0v) is 10.6. The number of rotatable bonds is 6. The Hall–Kier alpha value is -1.83. The zero-order chi connectivity index (χ0) is 12.7. The Balaban J connectivity index is 2.62. The van der Waals surface area contributed by atoms with Gasteiger partial charge >= 0.3 is 0 Å². The number of nitrogens with zero attached hydrogens (tertiary/aromatic N) is 4. The van der Waals surface area contributed by atoms with Crippen molar-refractivity contribution in [2.75, 3.05) is 30.4 Å². The minimum absolute atomic E-state index is 0.495. The van der Waals surface area contributed by atoms with Gasteiger partial charge in [-0.1, -0.05) is 13.8 Å². The molecule has 1 aromatic heterocycles. The molecule has 0 saturated carbocycles. The standard InChI is InChI=1S/C12H19N5/c1-10(2)8-14-11-7-12(16-9-15-11)17(3)6-4-5-13/h7,9-10H,4,6,8H2,1-3H3,(H,14,15,16). The molecule has 1 aromatic rings. The van der Waals surface area contributed by atoms with Crippen LogP contribution in [-0.4, -0.2) is 30.1 Å². The molecule has 5 nitrogen and oxygen atoms in total. The molecule has 0 aliphatic heterocycles. The van der Waals surface area contributed by atoms with Crippen LogP contribution in [0.5, 0.6) is 0 Å². The van der Waals surface area contributed by atoms with E-state index in [0.29, 0.717) is 18.9 Å². The number of nitriles is 1. The van der Waals surface area contributed by atoms with Crippen LogP contribution in [0.1, 0.15) is 20.3 Å². The van der Waals surface area contributed by atoms with Crippen molar-refractivity contribution in [2.45, 2.75) is 20.3 Å². The number of hydrogen-bond donors (Lipinski definition) is 1. The molecule has 0 bridgehead atoms. The molecular formula is C12H19N5. The SMILES string of the molecule is CC(C)CNc1cc(N(C)CCC#N)ncn1. The molecule has 5 heteroatoms. The molecule has 17 heavy (non-hydrogen) atoms. The Labute approximate surface area is 102 Å². The first-order chi connectivity index (χ1) is 8.13. The smallest absolute Gasteiger partial charge is 0.133 e. The fourth-order valence-corrected chi connectivity index (χ4v) is 1.29. The van der Waals surface area contributed by atoms with Gasteiger partial charge in [0.05, 0.1) is 12.5 Å². The summed E-state index contributed by atoms with van der Waals surface area (Å²) in [4.78, 5) is 10.3.